The van der Waals surface area contributed by atoms with Crippen LogP contribution < -0.4 is 15.6 Å². The first kappa shape index (κ1) is 13.1. The number of aromatic amines is 1. The summed E-state index contributed by atoms with van der Waals surface area (Å²) in [6.45, 7) is 5.70. The number of aromatic nitrogens is 2. The highest BCUT2D eigenvalue weighted by Crippen LogP contribution is 2.26. The molecule has 0 atom stereocenters. The summed E-state index contributed by atoms with van der Waals surface area (Å²) in [5.74, 6) is 1.13. The average Bonchev–Trinajstić information content (AvgIpc) is 2.29. The lowest BCUT2D eigenvalue weighted by molar-refractivity contribution is 0.244. The minimum absolute atomic E-state index is 0.0764. The largest absolute Gasteiger partial charge is 0.489 e. The number of hydrogen-bond acceptors (Lipinski definition) is 4. The first-order valence-corrected chi connectivity index (χ1v) is 6.15. The van der Waals surface area contributed by atoms with Crippen molar-refractivity contribution in [2.24, 2.45) is 0 Å². The summed E-state index contributed by atoms with van der Waals surface area (Å²) in [4.78, 5) is 18.3. The summed E-state index contributed by atoms with van der Waals surface area (Å²) < 4.78 is 5.70. The van der Waals surface area contributed by atoms with Gasteiger partial charge in [-0.05, 0) is 32.9 Å². The Morgan fingerprint density at radius 1 is 1.32 bits per heavy atom. The monoisotopic (exact) mass is 259 g/mol. The Hall–Kier alpha value is -2.30. The van der Waals surface area contributed by atoms with E-state index in [1.165, 1.54) is 6.07 Å². The molecule has 2 aromatic rings. The molecule has 5 nitrogen and oxygen atoms in total. The minimum Gasteiger partial charge on any atom is -0.489 e. The van der Waals surface area contributed by atoms with Crippen LogP contribution in [0.1, 0.15) is 19.5 Å². The van der Waals surface area contributed by atoms with Crippen molar-refractivity contribution in [3.05, 3.63) is 46.4 Å². The molecule has 0 saturated carbocycles. The van der Waals surface area contributed by atoms with Gasteiger partial charge in [0.25, 0.3) is 5.56 Å². The Labute approximate surface area is 111 Å². The number of nitrogens with zero attached hydrogens (tertiary/aromatic N) is 1. The highest BCUT2D eigenvalue weighted by molar-refractivity contribution is 5.62. The molecule has 2 rings (SSSR count). The zero-order valence-electron chi connectivity index (χ0n) is 11.2. The van der Waals surface area contributed by atoms with Gasteiger partial charge >= 0.3 is 0 Å². The maximum atomic E-state index is 11.4. The summed E-state index contributed by atoms with van der Waals surface area (Å²) in [6, 6.07) is 8.98. The summed E-state index contributed by atoms with van der Waals surface area (Å²) in [7, 11) is 0. The Bertz CT molecular complexity index is 620. The van der Waals surface area contributed by atoms with Gasteiger partial charge in [-0.1, -0.05) is 12.1 Å². The van der Waals surface area contributed by atoms with E-state index >= 15 is 0 Å². The predicted molar refractivity (Wildman–Crippen MR) is 75.1 cm³/mol. The van der Waals surface area contributed by atoms with Gasteiger partial charge in [-0.3, -0.25) is 9.78 Å². The SMILES string of the molecule is Cc1cc(=O)[nH]c(Nc2ccccc2OC(C)C)n1. The average molecular weight is 259 g/mol. The smallest absolute Gasteiger partial charge is 0.252 e. The lowest BCUT2D eigenvalue weighted by atomic mass is 10.3. The summed E-state index contributed by atoms with van der Waals surface area (Å²) >= 11 is 0. The highest BCUT2D eigenvalue weighted by atomic mass is 16.5. The van der Waals surface area contributed by atoms with E-state index < -0.39 is 0 Å². The van der Waals surface area contributed by atoms with Gasteiger partial charge in [0.05, 0.1) is 11.8 Å². The Morgan fingerprint density at radius 3 is 2.74 bits per heavy atom. The summed E-state index contributed by atoms with van der Waals surface area (Å²) in [6.07, 6.45) is 0.0764. The van der Waals surface area contributed by atoms with E-state index in [-0.39, 0.29) is 11.7 Å². The topological polar surface area (TPSA) is 67.0 Å². The fourth-order valence-electron chi connectivity index (χ4n) is 1.69. The fourth-order valence-corrected chi connectivity index (χ4v) is 1.69. The first-order valence-electron chi connectivity index (χ1n) is 6.15. The van der Waals surface area contributed by atoms with Crippen molar-refractivity contribution in [3.63, 3.8) is 0 Å². The number of hydrogen-bond donors (Lipinski definition) is 2. The second-order valence-corrected chi connectivity index (χ2v) is 4.52. The summed E-state index contributed by atoms with van der Waals surface area (Å²) in [5, 5.41) is 3.07. The molecular formula is C14H17N3O2. The van der Waals surface area contributed by atoms with Crippen LogP contribution >= 0.6 is 0 Å². The van der Waals surface area contributed by atoms with E-state index in [0.29, 0.717) is 11.6 Å². The van der Waals surface area contributed by atoms with Crippen LogP contribution in [-0.2, 0) is 0 Å². The molecule has 0 spiro atoms. The second kappa shape index (κ2) is 5.56. The Kier molecular flexibility index (Phi) is 3.85. The number of para-hydroxylation sites is 2. The highest BCUT2D eigenvalue weighted by Gasteiger charge is 2.06. The normalized spacial score (nSPS) is 10.5. The minimum atomic E-state index is -0.183. The van der Waals surface area contributed by atoms with Crippen LogP contribution in [0.25, 0.3) is 0 Å². The van der Waals surface area contributed by atoms with Crippen LogP contribution in [0, 0.1) is 6.92 Å². The van der Waals surface area contributed by atoms with E-state index in [1.54, 1.807) is 6.92 Å². The molecule has 1 aromatic heterocycles. The van der Waals surface area contributed by atoms with Gasteiger partial charge < -0.3 is 10.1 Å². The molecule has 0 radical (unpaired) electrons. The molecule has 0 saturated heterocycles. The number of anilines is 2. The van der Waals surface area contributed by atoms with Crippen LogP contribution in [0.15, 0.2) is 35.1 Å². The number of H-pyrrole nitrogens is 1. The van der Waals surface area contributed by atoms with Gasteiger partial charge in [-0.25, -0.2) is 4.98 Å². The third-order valence-corrected chi connectivity index (χ3v) is 2.37. The molecule has 0 aliphatic carbocycles. The third-order valence-electron chi connectivity index (χ3n) is 2.37. The van der Waals surface area contributed by atoms with Crippen molar-refractivity contribution in [3.8, 4) is 5.75 Å². The van der Waals surface area contributed by atoms with Gasteiger partial charge in [0.15, 0.2) is 0 Å². The van der Waals surface area contributed by atoms with Crippen LogP contribution in [0.3, 0.4) is 0 Å². The van der Waals surface area contributed by atoms with Crippen LogP contribution in [0.2, 0.25) is 0 Å². The van der Waals surface area contributed by atoms with Crippen molar-refractivity contribution in [2.75, 3.05) is 5.32 Å². The maximum absolute atomic E-state index is 11.4. The van der Waals surface area contributed by atoms with E-state index in [4.69, 9.17) is 4.74 Å². The third kappa shape index (κ3) is 3.58. The molecule has 19 heavy (non-hydrogen) atoms. The van der Waals surface area contributed by atoms with Gasteiger partial charge in [0.1, 0.15) is 5.75 Å². The van der Waals surface area contributed by atoms with Crippen molar-refractivity contribution >= 4 is 11.6 Å². The fraction of sp³-hybridized carbons (Fsp3) is 0.286. The van der Waals surface area contributed by atoms with E-state index in [9.17, 15) is 4.79 Å². The molecule has 2 N–H and O–H groups in total. The molecule has 1 heterocycles. The maximum Gasteiger partial charge on any atom is 0.252 e. The molecule has 0 bridgehead atoms. The molecule has 0 aliphatic rings. The molecule has 5 heteroatoms. The first-order chi connectivity index (χ1) is 9.04. The lowest BCUT2D eigenvalue weighted by Crippen LogP contribution is -2.12. The number of benzene rings is 1. The Balaban J connectivity index is 2.30. The molecule has 0 unspecified atom stereocenters. The number of aryl methyl sites for hydroxylation is 1. The van der Waals surface area contributed by atoms with Crippen molar-refractivity contribution in [2.45, 2.75) is 26.9 Å². The van der Waals surface area contributed by atoms with E-state index in [0.717, 1.165) is 11.4 Å². The van der Waals surface area contributed by atoms with E-state index in [1.807, 2.05) is 38.1 Å². The number of ether oxygens (including phenoxy) is 1. The molecule has 100 valence electrons. The van der Waals surface area contributed by atoms with Crippen molar-refractivity contribution in [1.82, 2.24) is 9.97 Å². The van der Waals surface area contributed by atoms with Gasteiger partial charge in [0.2, 0.25) is 5.95 Å². The van der Waals surface area contributed by atoms with Crippen LogP contribution in [0.4, 0.5) is 11.6 Å². The molecular weight excluding hydrogens is 242 g/mol. The Morgan fingerprint density at radius 2 is 2.05 bits per heavy atom. The molecule has 1 aromatic carbocycles. The predicted octanol–water partition coefficient (Wildman–Crippen LogP) is 2.61. The van der Waals surface area contributed by atoms with Crippen LogP contribution in [0.5, 0.6) is 5.75 Å². The van der Waals surface area contributed by atoms with Crippen LogP contribution in [-0.4, -0.2) is 16.1 Å². The van der Waals surface area contributed by atoms with Crippen molar-refractivity contribution in [1.29, 1.82) is 0 Å². The van der Waals surface area contributed by atoms with Gasteiger partial charge in [0, 0.05) is 11.8 Å². The van der Waals surface area contributed by atoms with Gasteiger partial charge in [-0.2, -0.15) is 0 Å². The zero-order chi connectivity index (χ0) is 13.8. The second-order valence-electron chi connectivity index (χ2n) is 4.52. The summed E-state index contributed by atoms with van der Waals surface area (Å²) in [5.41, 5.74) is 1.25. The van der Waals surface area contributed by atoms with Gasteiger partial charge in [-0.15, -0.1) is 0 Å². The molecule has 0 fully saturated rings. The quantitative estimate of drug-likeness (QED) is 0.885. The zero-order valence-corrected chi connectivity index (χ0v) is 11.2. The molecule has 0 amide bonds. The number of rotatable bonds is 4. The standard InChI is InChI=1S/C14H17N3O2/c1-9(2)19-12-7-5-4-6-11(12)16-14-15-10(3)8-13(18)17-14/h4-9H,1-3H3,(H2,15,16,17,18). The van der Waals surface area contributed by atoms with Crippen molar-refractivity contribution < 1.29 is 4.74 Å². The lowest BCUT2D eigenvalue weighted by Gasteiger charge is -2.14. The molecule has 0 aliphatic heterocycles. The van der Waals surface area contributed by atoms with E-state index in [2.05, 4.69) is 15.3 Å². The number of nitrogens with one attached hydrogen (secondary N) is 2.